The smallest absolute Gasteiger partial charge is 0.219 e. The van der Waals surface area contributed by atoms with E-state index < -0.39 is 0 Å². The van der Waals surface area contributed by atoms with E-state index in [0.717, 1.165) is 11.1 Å². The van der Waals surface area contributed by atoms with Crippen molar-refractivity contribution >= 4 is 11.7 Å². The average molecular weight is 219 g/mol. The minimum Gasteiger partial charge on any atom is -0.359 e. The summed E-state index contributed by atoms with van der Waals surface area (Å²) in [6, 6.07) is 7.51. The molecule has 0 aliphatic carbocycles. The Bertz CT molecular complexity index is 368. The first kappa shape index (κ1) is 12.4. The average Bonchev–Trinajstić information content (AvgIpc) is 2.29. The van der Waals surface area contributed by atoms with Crippen LogP contribution in [0.4, 0.5) is 0 Å². The van der Waals surface area contributed by atoms with Crippen molar-refractivity contribution in [1.82, 2.24) is 5.32 Å². The van der Waals surface area contributed by atoms with Crippen LogP contribution in [0.15, 0.2) is 24.3 Å². The molecule has 1 aromatic rings. The van der Waals surface area contributed by atoms with Crippen LogP contribution in [0.2, 0.25) is 0 Å². The summed E-state index contributed by atoms with van der Waals surface area (Å²) in [5, 5.41) is 2.54. The van der Waals surface area contributed by atoms with Gasteiger partial charge in [0, 0.05) is 25.5 Å². The zero-order valence-corrected chi connectivity index (χ0v) is 9.75. The van der Waals surface area contributed by atoms with Gasteiger partial charge in [-0.3, -0.25) is 9.59 Å². The molecule has 86 valence electrons. The van der Waals surface area contributed by atoms with Gasteiger partial charge in [0.05, 0.1) is 0 Å². The number of ketones is 1. The number of rotatable bonds is 5. The fraction of sp³-hybridized carbons (Fsp3) is 0.385. The second-order valence-corrected chi connectivity index (χ2v) is 3.82. The summed E-state index contributed by atoms with van der Waals surface area (Å²) in [5.41, 5.74) is 1.87. The van der Waals surface area contributed by atoms with Crippen LogP contribution in [-0.2, 0) is 4.79 Å². The minimum atomic E-state index is -0.0169. The molecule has 3 nitrogen and oxygen atoms in total. The van der Waals surface area contributed by atoms with Gasteiger partial charge in [-0.05, 0) is 13.3 Å². The van der Waals surface area contributed by atoms with Crippen molar-refractivity contribution in [2.24, 2.45) is 0 Å². The lowest BCUT2D eigenvalue weighted by Gasteiger charge is -2.01. The molecule has 0 aliphatic heterocycles. The van der Waals surface area contributed by atoms with Crippen LogP contribution in [0.25, 0.3) is 0 Å². The molecule has 0 fully saturated rings. The topological polar surface area (TPSA) is 46.2 Å². The van der Waals surface area contributed by atoms with Crippen LogP contribution >= 0.6 is 0 Å². The number of benzene rings is 1. The van der Waals surface area contributed by atoms with Crippen LogP contribution in [0.1, 0.15) is 35.2 Å². The number of hydrogen-bond acceptors (Lipinski definition) is 2. The van der Waals surface area contributed by atoms with Crippen molar-refractivity contribution in [3.05, 3.63) is 35.4 Å². The zero-order chi connectivity index (χ0) is 12.0. The Morgan fingerprint density at radius 3 is 2.31 bits per heavy atom. The molecule has 0 atom stereocenters. The normalized spacial score (nSPS) is 9.88. The Kier molecular flexibility index (Phi) is 4.70. The van der Waals surface area contributed by atoms with Gasteiger partial charge in [0.2, 0.25) is 5.91 Å². The maximum Gasteiger partial charge on any atom is 0.219 e. The predicted octanol–water partition coefficient (Wildman–Crippen LogP) is 2.09. The van der Waals surface area contributed by atoms with Gasteiger partial charge in [-0.1, -0.05) is 29.8 Å². The quantitative estimate of drug-likeness (QED) is 0.771. The minimum absolute atomic E-state index is 0.0169. The summed E-state index contributed by atoms with van der Waals surface area (Å²) in [4.78, 5) is 22.6. The van der Waals surface area contributed by atoms with Crippen LogP contribution in [-0.4, -0.2) is 18.7 Å². The first-order chi connectivity index (χ1) is 7.63. The summed E-state index contributed by atoms with van der Waals surface area (Å²) in [5.74, 6) is 0.0839. The van der Waals surface area contributed by atoms with E-state index in [9.17, 15) is 9.59 Å². The van der Waals surface area contributed by atoms with E-state index in [1.807, 2.05) is 31.2 Å². The van der Waals surface area contributed by atoms with Gasteiger partial charge in [0.25, 0.3) is 0 Å². The number of hydrogen-bond donors (Lipinski definition) is 1. The van der Waals surface area contributed by atoms with Crippen LogP contribution in [0, 0.1) is 6.92 Å². The van der Waals surface area contributed by atoms with Crippen LogP contribution in [0.5, 0.6) is 0 Å². The third-order valence-corrected chi connectivity index (χ3v) is 2.46. The predicted molar refractivity (Wildman–Crippen MR) is 63.4 cm³/mol. The number of nitrogens with one attached hydrogen (secondary N) is 1. The van der Waals surface area contributed by atoms with Crippen LogP contribution in [0.3, 0.4) is 0 Å². The monoisotopic (exact) mass is 219 g/mol. The Morgan fingerprint density at radius 2 is 1.75 bits per heavy atom. The molecule has 1 N–H and O–H groups in total. The summed E-state index contributed by atoms with van der Waals surface area (Å²) >= 11 is 0. The molecule has 0 aromatic heterocycles. The molecular formula is C13H17NO2. The fourth-order valence-electron chi connectivity index (χ4n) is 1.42. The van der Waals surface area contributed by atoms with Crippen LogP contribution < -0.4 is 5.32 Å². The molecule has 0 heterocycles. The Morgan fingerprint density at radius 1 is 1.12 bits per heavy atom. The molecular weight excluding hydrogens is 202 g/mol. The molecule has 1 rings (SSSR count). The van der Waals surface area contributed by atoms with Gasteiger partial charge in [-0.15, -0.1) is 0 Å². The third-order valence-electron chi connectivity index (χ3n) is 2.46. The van der Waals surface area contributed by atoms with E-state index in [-0.39, 0.29) is 11.7 Å². The molecule has 0 saturated heterocycles. The van der Waals surface area contributed by atoms with Crippen molar-refractivity contribution in [1.29, 1.82) is 0 Å². The largest absolute Gasteiger partial charge is 0.359 e. The molecule has 0 spiro atoms. The summed E-state index contributed by atoms with van der Waals surface area (Å²) in [7, 11) is 1.60. The highest BCUT2D eigenvalue weighted by molar-refractivity contribution is 5.96. The highest BCUT2D eigenvalue weighted by Crippen LogP contribution is 2.08. The zero-order valence-electron chi connectivity index (χ0n) is 9.75. The van der Waals surface area contributed by atoms with Gasteiger partial charge < -0.3 is 5.32 Å². The second kappa shape index (κ2) is 6.05. The molecule has 0 aliphatic rings. The molecule has 0 unspecified atom stereocenters. The van der Waals surface area contributed by atoms with E-state index in [1.54, 1.807) is 7.05 Å². The van der Waals surface area contributed by atoms with Crippen molar-refractivity contribution in [3.8, 4) is 0 Å². The van der Waals surface area contributed by atoms with E-state index in [2.05, 4.69) is 5.32 Å². The van der Waals surface area contributed by atoms with Gasteiger partial charge in [-0.25, -0.2) is 0 Å². The van der Waals surface area contributed by atoms with E-state index in [4.69, 9.17) is 0 Å². The van der Waals surface area contributed by atoms with Gasteiger partial charge in [-0.2, -0.15) is 0 Å². The Labute approximate surface area is 95.9 Å². The van der Waals surface area contributed by atoms with Gasteiger partial charge in [0.15, 0.2) is 5.78 Å². The van der Waals surface area contributed by atoms with Gasteiger partial charge >= 0.3 is 0 Å². The Balaban J connectivity index is 2.41. The van der Waals surface area contributed by atoms with Crippen molar-refractivity contribution in [2.45, 2.75) is 26.2 Å². The molecule has 0 saturated carbocycles. The number of aryl methyl sites for hydroxylation is 1. The third kappa shape index (κ3) is 3.85. The number of carbonyl (C=O) groups excluding carboxylic acids is 2. The second-order valence-electron chi connectivity index (χ2n) is 3.82. The molecule has 0 radical (unpaired) electrons. The maximum atomic E-state index is 11.7. The number of Topliss-reactive ketones (excluding diaryl/α,β-unsaturated/α-hetero) is 1. The number of carbonyl (C=O) groups is 2. The fourth-order valence-corrected chi connectivity index (χ4v) is 1.42. The standard InChI is InChI=1S/C13H17NO2/c1-10-6-8-11(9-7-10)12(15)4-3-5-13(16)14-2/h6-9H,3-5H2,1-2H3,(H,14,16). The first-order valence-electron chi connectivity index (χ1n) is 5.44. The van der Waals surface area contributed by atoms with Crippen molar-refractivity contribution in [2.75, 3.05) is 7.05 Å². The summed E-state index contributed by atoms with van der Waals surface area (Å²) < 4.78 is 0. The summed E-state index contributed by atoms with van der Waals surface area (Å²) in [6.45, 7) is 1.99. The van der Waals surface area contributed by atoms with E-state index in [0.29, 0.717) is 19.3 Å². The first-order valence-corrected chi connectivity index (χ1v) is 5.44. The lowest BCUT2D eigenvalue weighted by Crippen LogP contribution is -2.17. The SMILES string of the molecule is CNC(=O)CCCC(=O)c1ccc(C)cc1. The molecule has 3 heteroatoms. The highest BCUT2D eigenvalue weighted by Gasteiger charge is 2.06. The van der Waals surface area contributed by atoms with Gasteiger partial charge in [0.1, 0.15) is 0 Å². The Hall–Kier alpha value is -1.64. The molecule has 16 heavy (non-hydrogen) atoms. The summed E-state index contributed by atoms with van der Waals surface area (Å²) in [6.07, 6.45) is 1.44. The molecule has 0 bridgehead atoms. The van der Waals surface area contributed by atoms with E-state index >= 15 is 0 Å². The molecule has 1 amide bonds. The maximum absolute atomic E-state index is 11.7. The molecule has 1 aromatic carbocycles. The van der Waals surface area contributed by atoms with Crippen molar-refractivity contribution in [3.63, 3.8) is 0 Å². The van der Waals surface area contributed by atoms with Crippen molar-refractivity contribution < 1.29 is 9.59 Å². The number of amides is 1. The lowest BCUT2D eigenvalue weighted by atomic mass is 10.0. The lowest BCUT2D eigenvalue weighted by molar-refractivity contribution is -0.120. The van der Waals surface area contributed by atoms with E-state index in [1.165, 1.54) is 0 Å². The highest BCUT2D eigenvalue weighted by atomic mass is 16.1.